The van der Waals surface area contributed by atoms with Crippen molar-refractivity contribution in [3.05, 3.63) is 64.2 Å². The van der Waals surface area contributed by atoms with Crippen LogP contribution in [-0.4, -0.2) is 24.2 Å². The number of benzene rings is 2. The average molecular weight is 510 g/mol. The number of halogens is 3. The third-order valence-electron chi connectivity index (χ3n) is 4.98. The number of nitrogens with zero attached hydrogens (tertiary/aromatic N) is 1. The van der Waals surface area contributed by atoms with Crippen LogP contribution in [0, 0.1) is 6.92 Å². The van der Waals surface area contributed by atoms with Gasteiger partial charge in [-0.3, -0.25) is 0 Å². The minimum Gasteiger partial charge on any atom is -0.482 e. The minimum atomic E-state index is -4.35. The lowest BCUT2D eigenvalue weighted by Crippen LogP contribution is -2.15. The molecule has 0 aliphatic heterocycles. The Labute approximate surface area is 205 Å². The first-order valence-corrected chi connectivity index (χ1v) is 12.6. The molecule has 34 heavy (non-hydrogen) atoms. The zero-order valence-electron chi connectivity index (χ0n) is 19.4. The second-order valence-corrected chi connectivity index (χ2v) is 9.97. The summed E-state index contributed by atoms with van der Waals surface area (Å²) in [5.41, 5.74) is 1.87. The van der Waals surface area contributed by atoms with E-state index in [-0.39, 0.29) is 12.5 Å². The number of hydrogen-bond donors (Lipinski definition) is 0. The number of esters is 1. The maximum atomic E-state index is 12.8. The van der Waals surface area contributed by atoms with Gasteiger partial charge in [0.2, 0.25) is 0 Å². The van der Waals surface area contributed by atoms with E-state index in [2.05, 4.69) is 24.9 Å². The van der Waals surface area contributed by atoms with Crippen molar-refractivity contribution >= 4 is 29.1 Å². The summed E-state index contributed by atoms with van der Waals surface area (Å²) in [6, 6.07) is 11.0. The van der Waals surface area contributed by atoms with Gasteiger partial charge in [0.15, 0.2) is 6.61 Å². The van der Waals surface area contributed by atoms with E-state index in [9.17, 15) is 18.0 Å². The number of carbonyl (C=O) groups is 1. The van der Waals surface area contributed by atoms with Crippen molar-refractivity contribution in [2.45, 2.75) is 50.4 Å². The van der Waals surface area contributed by atoms with Crippen LogP contribution in [0.1, 0.15) is 48.4 Å². The maximum Gasteiger partial charge on any atom is 0.416 e. The van der Waals surface area contributed by atoms with Crippen LogP contribution in [0.5, 0.6) is 5.75 Å². The van der Waals surface area contributed by atoms with Gasteiger partial charge in [-0.2, -0.15) is 13.2 Å². The fraction of sp³-hybridized carbons (Fsp3) is 0.360. The van der Waals surface area contributed by atoms with Crippen molar-refractivity contribution in [2.75, 3.05) is 13.2 Å². The van der Waals surface area contributed by atoms with Gasteiger partial charge < -0.3 is 9.47 Å². The van der Waals surface area contributed by atoms with Crippen molar-refractivity contribution in [3.63, 3.8) is 0 Å². The van der Waals surface area contributed by atoms with Crippen LogP contribution in [0.15, 0.2) is 47.4 Å². The second kappa shape index (κ2) is 11.3. The minimum absolute atomic E-state index is 0.132. The summed E-state index contributed by atoms with van der Waals surface area (Å²) >= 11 is 3.13. The fourth-order valence-electron chi connectivity index (χ4n) is 3.17. The molecular formula is C25H26F3NO3S2. The van der Waals surface area contributed by atoms with E-state index in [0.29, 0.717) is 28.7 Å². The highest BCUT2D eigenvalue weighted by atomic mass is 32.2. The lowest BCUT2D eigenvalue weighted by Gasteiger charge is -2.15. The van der Waals surface area contributed by atoms with Gasteiger partial charge in [0.05, 0.1) is 17.9 Å². The largest absolute Gasteiger partial charge is 0.482 e. The third-order valence-corrected chi connectivity index (χ3v) is 7.39. The first-order valence-electron chi connectivity index (χ1n) is 10.8. The molecule has 0 amide bonds. The second-order valence-electron chi connectivity index (χ2n) is 7.84. The van der Waals surface area contributed by atoms with Gasteiger partial charge in [0.1, 0.15) is 10.8 Å². The van der Waals surface area contributed by atoms with Gasteiger partial charge in [0, 0.05) is 21.1 Å². The summed E-state index contributed by atoms with van der Waals surface area (Å²) in [6.45, 7) is 7.96. The third kappa shape index (κ3) is 6.76. The molecule has 0 aliphatic rings. The van der Waals surface area contributed by atoms with Crippen LogP contribution in [0.25, 0.3) is 10.6 Å². The first kappa shape index (κ1) is 26.1. The van der Waals surface area contributed by atoms with E-state index in [4.69, 9.17) is 9.47 Å². The molecule has 0 N–H and O–H groups in total. The molecule has 0 fully saturated rings. The molecule has 0 saturated carbocycles. The summed E-state index contributed by atoms with van der Waals surface area (Å²) in [6.07, 6.45) is -4.35. The van der Waals surface area contributed by atoms with Crippen LogP contribution in [-0.2, 0) is 21.5 Å². The molecule has 0 bridgehead atoms. The number of ether oxygens (including phenoxy) is 2. The van der Waals surface area contributed by atoms with E-state index in [1.807, 2.05) is 19.1 Å². The summed E-state index contributed by atoms with van der Waals surface area (Å²) in [4.78, 5) is 18.3. The highest BCUT2D eigenvalue weighted by Crippen LogP contribution is 2.37. The van der Waals surface area contributed by atoms with Crippen LogP contribution in [0.2, 0.25) is 0 Å². The Kier molecular flexibility index (Phi) is 8.65. The lowest BCUT2D eigenvalue weighted by atomic mass is 10.0. The molecule has 3 aromatic rings. The van der Waals surface area contributed by atoms with Crippen LogP contribution in [0.3, 0.4) is 0 Å². The first-order chi connectivity index (χ1) is 16.1. The monoisotopic (exact) mass is 509 g/mol. The molecule has 0 saturated heterocycles. The SMILES string of the molecule is CCOC(=O)COc1ccc(SCc2sc(-c3ccc(C(F)(F)F)cc3)nc2C)cc1C(C)C. The number of thioether (sulfide) groups is 1. The Morgan fingerprint density at radius 2 is 1.85 bits per heavy atom. The summed E-state index contributed by atoms with van der Waals surface area (Å²) in [7, 11) is 0. The molecule has 182 valence electrons. The smallest absolute Gasteiger partial charge is 0.416 e. The number of carbonyl (C=O) groups excluding carboxylic acids is 1. The Morgan fingerprint density at radius 3 is 2.47 bits per heavy atom. The Morgan fingerprint density at radius 1 is 1.15 bits per heavy atom. The molecule has 4 nitrogen and oxygen atoms in total. The predicted octanol–water partition coefficient (Wildman–Crippen LogP) is 7.49. The van der Waals surface area contributed by atoms with Crippen molar-refractivity contribution in [3.8, 4) is 16.3 Å². The Balaban J connectivity index is 1.70. The molecule has 0 aliphatic carbocycles. The topological polar surface area (TPSA) is 48.4 Å². The number of thiazole rings is 1. The zero-order valence-corrected chi connectivity index (χ0v) is 21.0. The Hall–Kier alpha value is -2.52. The summed E-state index contributed by atoms with van der Waals surface area (Å²) in [5.74, 6) is 1.14. The van der Waals surface area contributed by atoms with Gasteiger partial charge >= 0.3 is 12.1 Å². The zero-order chi connectivity index (χ0) is 24.9. The predicted molar refractivity (Wildman–Crippen MR) is 130 cm³/mol. The van der Waals surface area contributed by atoms with Crippen molar-refractivity contribution < 1.29 is 27.4 Å². The van der Waals surface area contributed by atoms with Crippen LogP contribution >= 0.6 is 23.1 Å². The molecule has 0 spiro atoms. The number of alkyl halides is 3. The lowest BCUT2D eigenvalue weighted by molar-refractivity contribution is -0.145. The van der Waals surface area contributed by atoms with E-state index >= 15 is 0 Å². The van der Waals surface area contributed by atoms with Gasteiger partial charge in [-0.1, -0.05) is 26.0 Å². The molecule has 0 unspecified atom stereocenters. The number of aromatic nitrogens is 1. The molecule has 2 aromatic carbocycles. The molecule has 1 aromatic heterocycles. The number of aryl methyl sites for hydroxylation is 1. The molecular weight excluding hydrogens is 483 g/mol. The van der Waals surface area contributed by atoms with E-state index < -0.39 is 17.7 Å². The molecule has 0 atom stereocenters. The van der Waals surface area contributed by atoms with Gasteiger partial charge in [-0.25, -0.2) is 9.78 Å². The van der Waals surface area contributed by atoms with E-state index in [1.54, 1.807) is 18.7 Å². The van der Waals surface area contributed by atoms with Crippen molar-refractivity contribution in [2.24, 2.45) is 0 Å². The van der Waals surface area contributed by atoms with Crippen LogP contribution in [0.4, 0.5) is 13.2 Å². The summed E-state index contributed by atoms with van der Waals surface area (Å²) in [5, 5.41) is 0.701. The fourth-order valence-corrected chi connectivity index (χ4v) is 5.33. The highest BCUT2D eigenvalue weighted by molar-refractivity contribution is 7.98. The molecule has 1 heterocycles. The standard InChI is InChI=1S/C25H26F3NO3S2/c1-5-31-23(30)13-32-21-11-10-19(12-20(21)15(2)3)33-14-22-16(4)29-24(34-22)17-6-8-18(9-7-17)25(26,27)28/h6-12,15H,5,13-14H2,1-4H3. The number of rotatable bonds is 9. The van der Waals surface area contributed by atoms with Gasteiger partial charge in [-0.15, -0.1) is 23.1 Å². The van der Waals surface area contributed by atoms with Crippen molar-refractivity contribution in [1.29, 1.82) is 0 Å². The van der Waals surface area contributed by atoms with Crippen molar-refractivity contribution in [1.82, 2.24) is 4.98 Å². The van der Waals surface area contributed by atoms with Gasteiger partial charge in [-0.05, 0) is 55.7 Å². The summed E-state index contributed by atoms with van der Waals surface area (Å²) < 4.78 is 49.0. The molecule has 0 radical (unpaired) electrons. The quantitative estimate of drug-likeness (QED) is 0.221. The average Bonchev–Trinajstić information content (AvgIpc) is 3.16. The van der Waals surface area contributed by atoms with Gasteiger partial charge in [0.25, 0.3) is 0 Å². The van der Waals surface area contributed by atoms with E-state index in [1.165, 1.54) is 23.5 Å². The molecule has 9 heteroatoms. The number of hydrogen-bond acceptors (Lipinski definition) is 6. The maximum absolute atomic E-state index is 12.8. The highest BCUT2D eigenvalue weighted by Gasteiger charge is 2.30. The Bertz CT molecular complexity index is 1130. The normalized spacial score (nSPS) is 11.6. The van der Waals surface area contributed by atoms with Crippen LogP contribution < -0.4 is 4.74 Å². The van der Waals surface area contributed by atoms with E-state index in [0.717, 1.165) is 33.2 Å². The molecule has 3 rings (SSSR count).